The second-order valence-corrected chi connectivity index (χ2v) is 6.06. The summed E-state index contributed by atoms with van der Waals surface area (Å²) in [7, 11) is 1.38. The molecule has 1 heterocycles. The van der Waals surface area contributed by atoms with E-state index < -0.39 is 5.97 Å². The molecule has 1 aliphatic rings. The van der Waals surface area contributed by atoms with Gasteiger partial charge in [0.25, 0.3) is 0 Å². The highest BCUT2D eigenvalue weighted by molar-refractivity contribution is 5.88. The van der Waals surface area contributed by atoms with Crippen molar-refractivity contribution in [3.8, 4) is 0 Å². The van der Waals surface area contributed by atoms with Gasteiger partial charge in [-0.05, 0) is 18.4 Å². The number of benzene rings is 1. The van der Waals surface area contributed by atoms with Gasteiger partial charge in [-0.2, -0.15) is 0 Å². The molecule has 0 unspecified atom stereocenters. The van der Waals surface area contributed by atoms with Crippen LogP contribution in [0.25, 0.3) is 0 Å². The standard InChI is InChI=1S/C18H23N3O3/c1-23-18(22)16-17(15-9-5-6-10-15)21(20-19-16)11-12-24-13-14-7-3-2-4-8-14/h2-4,7-8,15H,5-6,9-13H2,1H3. The van der Waals surface area contributed by atoms with E-state index in [9.17, 15) is 4.79 Å². The highest BCUT2D eigenvalue weighted by Gasteiger charge is 2.29. The Morgan fingerprint density at radius 2 is 2.00 bits per heavy atom. The van der Waals surface area contributed by atoms with Crippen molar-refractivity contribution in [2.45, 2.75) is 44.8 Å². The van der Waals surface area contributed by atoms with Gasteiger partial charge < -0.3 is 9.47 Å². The third-order valence-electron chi connectivity index (χ3n) is 4.45. The van der Waals surface area contributed by atoms with Gasteiger partial charge in [0, 0.05) is 5.92 Å². The average molecular weight is 329 g/mol. The van der Waals surface area contributed by atoms with Crippen LogP contribution in [0.4, 0.5) is 0 Å². The van der Waals surface area contributed by atoms with Gasteiger partial charge in [-0.15, -0.1) is 5.10 Å². The average Bonchev–Trinajstić information content (AvgIpc) is 3.28. The van der Waals surface area contributed by atoms with Gasteiger partial charge in [-0.3, -0.25) is 0 Å². The number of carbonyl (C=O) groups is 1. The first-order valence-electron chi connectivity index (χ1n) is 8.43. The summed E-state index contributed by atoms with van der Waals surface area (Å²) in [6, 6.07) is 10.1. The minimum Gasteiger partial charge on any atom is -0.464 e. The number of esters is 1. The molecule has 1 aromatic carbocycles. The molecule has 1 aliphatic carbocycles. The quantitative estimate of drug-likeness (QED) is 0.577. The summed E-state index contributed by atoms with van der Waals surface area (Å²) in [4.78, 5) is 11.9. The number of rotatable bonds is 7. The molecule has 0 radical (unpaired) electrons. The molecule has 1 aromatic heterocycles. The van der Waals surface area contributed by atoms with E-state index >= 15 is 0 Å². The molecular formula is C18H23N3O3. The van der Waals surface area contributed by atoms with E-state index in [1.54, 1.807) is 0 Å². The maximum atomic E-state index is 11.9. The second kappa shape index (κ2) is 8.06. The third kappa shape index (κ3) is 3.82. The Kier molecular flexibility index (Phi) is 5.59. The summed E-state index contributed by atoms with van der Waals surface area (Å²) in [5.41, 5.74) is 2.40. The van der Waals surface area contributed by atoms with Crippen molar-refractivity contribution >= 4 is 5.97 Å². The van der Waals surface area contributed by atoms with Crippen LogP contribution in [0.5, 0.6) is 0 Å². The van der Waals surface area contributed by atoms with Crippen LogP contribution in [0.1, 0.15) is 53.3 Å². The lowest BCUT2D eigenvalue weighted by Gasteiger charge is -2.13. The molecule has 6 heteroatoms. The van der Waals surface area contributed by atoms with E-state index in [1.807, 2.05) is 35.0 Å². The van der Waals surface area contributed by atoms with Crippen molar-refractivity contribution in [3.05, 3.63) is 47.3 Å². The predicted molar refractivity (Wildman–Crippen MR) is 88.7 cm³/mol. The van der Waals surface area contributed by atoms with Crippen LogP contribution in [0.2, 0.25) is 0 Å². The zero-order chi connectivity index (χ0) is 16.8. The summed E-state index contributed by atoms with van der Waals surface area (Å²) in [6.45, 7) is 1.68. The molecule has 2 aromatic rings. The highest BCUT2D eigenvalue weighted by Crippen LogP contribution is 2.35. The molecule has 0 amide bonds. The van der Waals surface area contributed by atoms with Crippen LogP contribution >= 0.6 is 0 Å². The van der Waals surface area contributed by atoms with Crippen LogP contribution in [-0.2, 0) is 22.6 Å². The van der Waals surface area contributed by atoms with E-state index in [4.69, 9.17) is 9.47 Å². The molecule has 3 rings (SSSR count). The number of nitrogens with zero attached hydrogens (tertiary/aromatic N) is 3. The van der Waals surface area contributed by atoms with Crippen LogP contribution in [0.15, 0.2) is 30.3 Å². The first-order chi connectivity index (χ1) is 11.8. The Balaban J connectivity index is 1.64. The van der Waals surface area contributed by atoms with Crippen molar-refractivity contribution < 1.29 is 14.3 Å². The first-order valence-corrected chi connectivity index (χ1v) is 8.43. The molecule has 24 heavy (non-hydrogen) atoms. The van der Waals surface area contributed by atoms with Gasteiger partial charge in [0.15, 0.2) is 5.69 Å². The van der Waals surface area contributed by atoms with E-state index in [0.29, 0.717) is 31.4 Å². The molecule has 128 valence electrons. The Labute approximate surface area is 141 Å². The van der Waals surface area contributed by atoms with E-state index in [2.05, 4.69) is 10.3 Å². The Hall–Kier alpha value is -2.21. The van der Waals surface area contributed by atoms with Crippen molar-refractivity contribution in [2.24, 2.45) is 0 Å². The largest absolute Gasteiger partial charge is 0.464 e. The summed E-state index contributed by atoms with van der Waals surface area (Å²) < 4.78 is 12.4. The first kappa shape index (κ1) is 16.6. The lowest BCUT2D eigenvalue weighted by molar-refractivity contribution is 0.0591. The van der Waals surface area contributed by atoms with Crippen LogP contribution < -0.4 is 0 Å². The Morgan fingerprint density at radius 1 is 1.25 bits per heavy atom. The van der Waals surface area contributed by atoms with Crippen molar-refractivity contribution in [3.63, 3.8) is 0 Å². The molecule has 1 saturated carbocycles. The van der Waals surface area contributed by atoms with Crippen LogP contribution in [-0.4, -0.2) is 34.7 Å². The van der Waals surface area contributed by atoms with Gasteiger partial charge in [-0.25, -0.2) is 9.48 Å². The lowest BCUT2D eigenvalue weighted by Crippen LogP contribution is -2.15. The van der Waals surface area contributed by atoms with Crippen molar-refractivity contribution in [1.29, 1.82) is 0 Å². The van der Waals surface area contributed by atoms with E-state index in [0.717, 1.165) is 24.1 Å². The molecule has 0 aliphatic heterocycles. The van der Waals surface area contributed by atoms with Gasteiger partial charge in [0.2, 0.25) is 0 Å². The van der Waals surface area contributed by atoms with Gasteiger partial charge in [0.1, 0.15) is 0 Å². The summed E-state index contributed by atoms with van der Waals surface area (Å²) in [5, 5.41) is 8.21. The summed E-state index contributed by atoms with van der Waals surface area (Å²) in [6.07, 6.45) is 4.51. The molecular weight excluding hydrogens is 306 g/mol. The zero-order valence-electron chi connectivity index (χ0n) is 14.0. The van der Waals surface area contributed by atoms with Gasteiger partial charge in [0.05, 0.1) is 32.6 Å². The van der Waals surface area contributed by atoms with Crippen molar-refractivity contribution in [2.75, 3.05) is 13.7 Å². The minimum absolute atomic E-state index is 0.336. The fourth-order valence-corrected chi connectivity index (χ4v) is 3.25. The summed E-state index contributed by atoms with van der Waals surface area (Å²) in [5.74, 6) is -0.0726. The molecule has 0 saturated heterocycles. The maximum Gasteiger partial charge on any atom is 0.360 e. The lowest BCUT2D eigenvalue weighted by atomic mass is 10.0. The smallest absolute Gasteiger partial charge is 0.360 e. The van der Waals surface area contributed by atoms with Crippen LogP contribution in [0, 0.1) is 0 Å². The normalized spacial score (nSPS) is 14.9. The predicted octanol–water partition coefficient (Wildman–Crippen LogP) is 2.94. The number of carbonyl (C=O) groups excluding carboxylic acids is 1. The Bertz CT molecular complexity index is 663. The number of ether oxygens (including phenoxy) is 2. The number of aromatic nitrogens is 3. The van der Waals surface area contributed by atoms with E-state index in [1.165, 1.54) is 20.0 Å². The number of methoxy groups -OCH3 is 1. The number of hydrogen-bond acceptors (Lipinski definition) is 5. The van der Waals surface area contributed by atoms with E-state index in [-0.39, 0.29) is 0 Å². The SMILES string of the molecule is COC(=O)c1nnn(CCOCc2ccccc2)c1C1CCCC1. The molecule has 0 atom stereocenters. The maximum absolute atomic E-state index is 11.9. The Morgan fingerprint density at radius 3 is 2.71 bits per heavy atom. The molecule has 0 N–H and O–H groups in total. The fourth-order valence-electron chi connectivity index (χ4n) is 3.25. The second-order valence-electron chi connectivity index (χ2n) is 6.06. The molecule has 6 nitrogen and oxygen atoms in total. The molecule has 0 spiro atoms. The van der Waals surface area contributed by atoms with Crippen molar-refractivity contribution in [1.82, 2.24) is 15.0 Å². The highest BCUT2D eigenvalue weighted by atomic mass is 16.5. The number of hydrogen-bond donors (Lipinski definition) is 0. The summed E-state index contributed by atoms with van der Waals surface area (Å²) >= 11 is 0. The third-order valence-corrected chi connectivity index (χ3v) is 4.45. The van der Waals surface area contributed by atoms with Gasteiger partial charge >= 0.3 is 5.97 Å². The molecule has 1 fully saturated rings. The minimum atomic E-state index is -0.409. The van der Waals surface area contributed by atoms with Gasteiger partial charge in [-0.1, -0.05) is 48.4 Å². The zero-order valence-corrected chi connectivity index (χ0v) is 14.0. The van der Waals surface area contributed by atoms with Crippen LogP contribution in [0.3, 0.4) is 0 Å². The fraction of sp³-hybridized carbons (Fsp3) is 0.500. The molecule has 0 bridgehead atoms. The topological polar surface area (TPSA) is 66.2 Å². The monoisotopic (exact) mass is 329 g/mol.